The standard InChI is InChI=1S/C22H26N2O5/c1-3-4-12-24-20(26)13-17(21(24)15-7-9-16(28-2)10-8-15)22(27)29-14-19(25)18-6-5-11-23-18/h5-11,17,21,23H,3-4,12-14H2,1-2H3/t17-,21+/m0/s1. The minimum atomic E-state index is -0.649. The van der Waals surface area contributed by atoms with Crippen molar-refractivity contribution >= 4 is 17.7 Å². The average molecular weight is 398 g/mol. The molecule has 0 spiro atoms. The molecule has 154 valence electrons. The predicted octanol–water partition coefficient (Wildman–Crippen LogP) is 3.14. The Bertz CT molecular complexity index is 845. The Morgan fingerprint density at radius 2 is 1.97 bits per heavy atom. The van der Waals surface area contributed by atoms with Gasteiger partial charge in [0.1, 0.15) is 5.75 Å². The summed E-state index contributed by atoms with van der Waals surface area (Å²) >= 11 is 0. The maximum absolute atomic E-state index is 12.8. The highest BCUT2D eigenvalue weighted by Gasteiger charge is 2.45. The second-order valence-corrected chi connectivity index (χ2v) is 7.08. The molecular formula is C22H26N2O5. The second-order valence-electron chi connectivity index (χ2n) is 7.08. The van der Waals surface area contributed by atoms with Crippen LogP contribution in [-0.2, 0) is 14.3 Å². The third-order valence-corrected chi connectivity index (χ3v) is 5.19. The number of nitrogens with one attached hydrogen (secondary N) is 1. The number of ether oxygens (including phenoxy) is 2. The number of Topliss-reactive ketones (excluding diaryl/α,β-unsaturated/α-hetero) is 1. The summed E-state index contributed by atoms with van der Waals surface area (Å²) in [5.41, 5.74) is 1.24. The first-order valence-electron chi connectivity index (χ1n) is 9.81. The number of methoxy groups -OCH3 is 1. The fourth-order valence-corrected chi connectivity index (χ4v) is 3.63. The molecule has 3 rings (SSSR count). The highest BCUT2D eigenvalue weighted by Crippen LogP contribution is 2.39. The summed E-state index contributed by atoms with van der Waals surface area (Å²) in [5, 5.41) is 0. The normalized spacial score (nSPS) is 18.7. The van der Waals surface area contributed by atoms with Crippen molar-refractivity contribution in [3.8, 4) is 5.75 Å². The topological polar surface area (TPSA) is 88.7 Å². The largest absolute Gasteiger partial charge is 0.497 e. The minimum absolute atomic E-state index is 0.0723. The highest BCUT2D eigenvalue weighted by molar-refractivity contribution is 5.97. The van der Waals surface area contributed by atoms with Gasteiger partial charge in [0.15, 0.2) is 6.61 Å². The van der Waals surface area contributed by atoms with E-state index in [2.05, 4.69) is 11.9 Å². The lowest BCUT2D eigenvalue weighted by Gasteiger charge is -2.28. The van der Waals surface area contributed by atoms with E-state index in [0.29, 0.717) is 18.0 Å². The summed E-state index contributed by atoms with van der Waals surface area (Å²) in [6.45, 7) is 2.28. The van der Waals surface area contributed by atoms with Gasteiger partial charge in [0.25, 0.3) is 0 Å². The SMILES string of the molecule is CCCCN1C(=O)C[C@H](C(=O)OCC(=O)c2ccc[nH]2)[C@H]1c1ccc(OC)cc1. The van der Waals surface area contributed by atoms with Gasteiger partial charge >= 0.3 is 5.97 Å². The van der Waals surface area contributed by atoms with Crippen molar-refractivity contribution in [1.82, 2.24) is 9.88 Å². The van der Waals surface area contributed by atoms with Gasteiger partial charge in [0.05, 0.1) is 24.8 Å². The number of aromatic nitrogens is 1. The maximum Gasteiger partial charge on any atom is 0.312 e. The third-order valence-electron chi connectivity index (χ3n) is 5.19. The summed E-state index contributed by atoms with van der Waals surface area (Å²) in [7, 11) is 1.59. The quantitative estimate of drug-likeness (QED) is 0.518. The highest BCUT2D eigenvalue weighted by atomic mass is 16.5. The van der Waals surface area contributed by atoms with Gasteiger partial charge in [-0.25, -0.2) is 0 Å². The van der Waals surface area contributed by atoms with Gasteiger partial charge in [-0.05, 0) is 36.2 Å². The number of hydrogen-bond donors (Lipinski definition) is 1. The Balaban J connectivity index is 1.77. The van der Waals surface area contributed by atoms with Crippen molar-refractivity contribution in [3.63, 3.8) is 0 Å². The van der Waals surface area contributed by atoms with Crippen LogP contribution in [0.25, 0.3) is 0 Å². The Morgan fingerprint density at radius 3 is 2.59 bits per heavy atom. The molecule has 2 aromatic rings. The number of benzene rings is 1. The van der Waals surface area contributed by atoms with Gasteiger partial charge in [-0.2, -0.15) is 0 Å². The molecule has 1 aliphatic heterocycles. The van der Waals surface area contributed by atoms with Crippen LogP contribution in [0.3, 0.4) is 0 Å². The van der Waals surface area contributed by atoms with Crippen LogP contribution in [0, 0.1) is 5.92 Å². The monoisotopic (exact) mass is 398 g/mol. The van der Waals surface area contributed by atoms with E-state index < -0.39 is 17.9 Å². The van der Waals surface area contributed by atoms with E-state index in [0.717, 1.165) is 18.4 Å². The van der Waals surface area contributed by atoms with Gasteiger partial charge in [0, 0.05) is 19.2 Å². The smallest absolute Gasteiger partial charge is 0.312 e. The van der Waals surface area contributed by atoms with Crippen molar-refractivity contribution in [3.05, 3.63) is 53.9 Å². The van der Waals surface area contributed by atoms with Crippen LogP contribution in [0.5, 0.6) is 5.75 Å². The number of ketones is 1. The van der Waals surface area contributed by atoms with Gasteiger partial charge in [-0.3, -0.25) is 14.4 Å². The molecule has 1 fully saturated rings. The molecule has 29 heavy (non-hydrogen) atoms. The van der Waals surface area contributed by atoms with Crippen LogP contribution < -0.4 is 4.74 Å². The van der Waals surface area contributed by atoms with Crippen LogP contribution in [0.1, 0.15) is 48.3 Å². The lowest BCUT2D eigenvalue weighted by Crippen LogP contribution is -2.32. The molecule has 0 saturated carbocycles. The molecule has 7 heteroatoms. The molecule has 2 heterocycles. The molecule has 1 saturated heterocycles. The molecular weight excluding hydrogens is 372 g/mol. The number of carbonyl (C=O) groups excluding carboxylic acids is 3. The van der Waals surface area contributed by atoms with Gasteiger partial charge in [-0.1, -0.05) is 25.5 Å². The number of carbonyl (C=O) groups is 3. The number of H-pyrrole nitrogens is 1. The molecule has 1 aliphatic rings. The zero-order valence-corrected chi connectivity index (χ0v) is 16.7. The fraction of sp³-hybridized carbons (Fsp3) is 0.409. The number of aromatic amines is 1. The number of unbranched alkanes of at least 4 members (excludes halogenated alkanes) is 1. The molecule has 7 nitrogen and oxygen atoms in total. The number of amides is 1. The number of likely N-dealkylation sites (tertiary alicyclic amines) is 1. The van der Waals surface area contributed by atoms with E-state index in [1.54, 1.807) is 30.3 Å². The lowest BCUT2D eigenvalue weighted by atomic mass is 9.93. The number of hydrogen-bond acceptors (Lipinski definition) is 5. The van der Waals surface area contributed by atoms with Crippen LogP contribution in [-0.4, -0.2) is 47.8 Å². The van der Waals surface area contributed by atoms with E-state index in [4.69, 9.17) is 9.47 Å². The average Bonchev–Trinajstić information content (AvgIpc) is 3.38. The van der Waals surface area contributed by atoms with Crippen LogP contribution >= 0.6 is 0 Å². The van der Waals surface area contributed by atoms with Gasteiger partial charge in [-0.15, -0.1) is 0 Å². The van der Waals surface area contributed by atoms with Crippen molar-refractivity contribution in [1.29, 1.82) is 0 Å². The first-order valence-corrected chi connectivity index (χ1v) is 9.81. The molecule has 0 unspecified atom stereocenters. The number of esters is 1. The molecule has 1 aromatic heterocycles. The minimum Gasteiger partial charge on any atom is -0.497 e. The lowest BCUT2D eigenvalue weighted by molar-refractivity contribution is -0.148. The Kier molecular flexibility index (Phi) is 6.69. The van der Waals surface area contributed by atoms with E-state index in [1.807, 2.05) is 24.3 Å². The summed E-state index contributed by atoms with van der Waals surface area (Å²) in [4.78, 5) is 42.1. The first-order chi connectivity index (χ1) is 14.0. The van der Waals surface area contributed by atoms with Crippen molar-refractivity contribution in [2.75, 3.05) is 20.3 Å². The second kappa shape index (κ2) is 9.41. The molecule has 2 atom stereocenters. The molecule has 1 N–H and O–H groups in total. The van der Waals surface area contributed by atoms with Crippen LogP contribution in [0.15, 0.2) is 42.6 Å². The third kappa shape index (κ3) is 4.67. The molecule has 0 aliphatic carbocycles. The zero-order valence-electron chi connectivity index (χ0n) is 16.7. The molecule has 1 amide bonds. The predicted molar refractivity (Wildman–Crippen MR) is 107 cm³/mol. The Hall–Kier alpha value is -3.09. The van der Waals surface area contributed by atoms with Crippen molar-refractivity contribution in [2.45, 2.75) is 32.2 Å². The van der Waals surface area contributed by atoms with Crippen LogP contribution in [0.2, 0.25) is 0 Å². The van der Waals surface area contributed by atoms with E-state index in [9.17, 15) is 14.4 Å². The summed E-state index contributed by atoms with van der Waals surface area (Å²) in [5.74, 6) is -0.857. The summed E-state index contributed by atoms with van der Waals surface area (Å²) in [6.07, 6.45) is 3.51. The van der Waals surface area contributed by atoms with E-state index >= 15 is 0 Å². The Labute approximate surface area is 170 Å². The van der Waals surface area contributed by atoms with Crippen molar-refractivity contribution < 1.29 is 23.9 Å². The molecule has 0 radical (unpaired) electrons. The number of nitrogens with zero attached hydrogens (tertiary/aromatic N) is 1. The van der Waals surface area contributed by atoms with Gasteiger partial charge < -0.3 is 19.4 Å². The van der Waals surface area contributed by atoms with Crippen molar-refractivity contribution in [2.24, 2.45) is 5.92 Å². The van der Waals surface area contributed by atoms with Crippen LogP contribution in [0.4, 0.5) is 0 Å². The first kappa shape index (κ1) is 20.6. The summed E-state index contributed by atoms with van der Waals surface area (Å²) < 4.78 is 10.5. The van der Waals surface area contributed by atoms with E-state index in [1.165, 1.54) is 0 Å². The van der Waals surface area contributed by atoms with E-state index in [-0.39, 0.29) is 24.7 Å². The molecule has 0 bridgehead atoms. The Morgan fingerprint density at radius 1 is 1.21 bits per heavy atom. The van der Waals surface area contributed by atoms with Gasteiger partial charge in [0.2, 0.25) is 11.7 Å². The number of rotatable bonds is 9. The fourth-order valence-electron chi connectivity index (χ4n) is 3.63. The zero-order chi connectivity index (χ0) is 20.8. The maximum atomic E-state index is 12.8. The molecule has 1 aromatic carbocycles. The summed E-state index contributed by atoms with van der Waals surface area (Å²) in [6, 6.07) is 10.3.